The number of rotatable bonds is 6. The van der Waals surface area contributed by atoms with Gasteiger partial charge in [0, 0.05) is 40.6 Å². The molecule has 5 nitrogen and oxygen atoms in total. The number of halogens is 1. The topological polar surface area (TPSA) is 72.2 Å². The van der Waals surface area contributed by atoms with Gasteiger partial charge in [-0.1, -0.05) is 6.92 Å². The van der Waals surface area contributed by atoms with E-state index in [0.717, 1.165) is 12.1 Å². The number of anilines is 1. The Hall–Kier alpha value is -0.700. The summed E-state index contributed by atoms with van der Waals surface area (Å²) < 4.78 is 11.8. The van der Waals surface area contributed by atoms with Crippen LogP contribution in [0.2, 0.25) is 0 Å². The molecule has 0 heterocycles. The molecule has 1 rings (SSSR count). The van der Waals surface area contributed by atoms with Gasteiger partial charge in [0.15, 0.2) is 0 Å². The van der Waals surface area contributed by atoms with Crippen molar-refractivity contribution in [2.45, 2.75) is 18.6 Å². The first-order valence-corrected chi connectivity index (χ1v) is 8.12. The Bertz CT molecular complexity index is 468. The highest BCUT2D eigenvalue weighted by atomic mass is 127. The molecule has 100 valence electrons. The van der Waals surface area contributed by atoms with Crippen LogP contribution in [0.1, 0.15) is 13.3 Å². The maximum atomic E-state index is 11.2. The maximum absolute atomic E-state index is 11.2. The fourth-order valence-electron chi connectivity index (χ4n) is 1.35. The molecule has 0 aliphatic rings. The van der Waals surface area contributed by atoms with Crippen molar-refractivity contribution in [3.63, 3.8) is 0 Å². The highest BCUT2D eigenvalue weighted by Gasteiger charge is 2.11. The van der Waals surface area contributed by atoms with Gasteiger partial charge in [-0.05, 0) is 41.1 Å². The Labute approximate surface area is 122 Å². The zero-order valence-corrected chi connectivity index (χ0v) is 13.2. The fraction of sp³-hybridized carbons (Fsp3) is 0.455. The van der Waals surface area contributed by atoms with E-state index in [4.69, 9.17) is 0 Å². The predicted molar refractivity (Wildman–Crippen MR) is 82.4 cm³/mol. The minimum atomic E-state index is -0.813. The van der Waals surface area contributed by atoms with Gasteiger partial charge in [-0.15, -0.1) is 0 Å². The number of benzene rings is 1. The molecule has 1 aromatic rings. The highest BCUT2D eigenvalue weighted by Crippen LogP contribution is 2.24. The van der Waals surface area contributed by atoms with Crippen LogP contribution in [0, 0.1) is 13.7 Å². The molecule has 0 amide bonds. The Kier molecular flexibility index (Phi) is 6.00. The summed E-state index contributed by atoms with van der Waals surface area (Å²) in [5.41, 5.74) is 0.961. The molecular weight excluding hydrogens is 367 g/mol. The molecule has 0 spiro atoms. The third kappa shape index (κ3) is 4.52. The van der Waals surface area contributed by atoms with E-state index in [1.165, 1.54) is 6.07 Å². The van der Waals surface area contributed by atoms with Crippen molar-refractivity contribution in [3.05, 3.63) is 31.9 Å². The smallest absolute Gasteiger partial charge is 0.282 e. The maximum Gasteiger partial charge on any atom is 0.282 e. The van der Waals surface area contributed by atoms with Gasteiger partial charge >= 0.3 is 0 Å². The van der Waals surface area contributed by atoms with Gasteiger partial charge in [0.25, 0.3) is 5.69 Å². The first kappa shape index (κ1) is 15.4. The van der Waals surface area contributed by atoms with Gasteiger partial charge in [0.05, 0.1) is 8.49 Å². The first-order chi connectivity index (χ1) is 8.41. The van der Waals surface area contributed by atoms with Crippen LogP contribution < -0.4 is 5.32 Å². The molecule has 0 bridgehead atoms. The average Bonchev–Trinajstić information content (AvgIpc) is 2.28. The minimum absolute atomic E-state index is 0.115. The normalized spacial score (nSPS) is 13.9. The van der Waals surface area contributed by atoms with Crippen molar-refractivity contribution in [2.24, 2.45) is 0 Å². The van der Waals surface area contributed by atoms with Crippen molar-refractivity contribution in [2.75, 3.05) is 18.1 Å². The largest absolute Gasteiger partial charge is 0.385 e. The SMILES string of the molecule is CC(CCNc1ccc([N+](=O)[O-])c(I)c1)S(C)=O. The van der Waals surface area contributed by atoms with Gasteiger partial charge < -0.3 is 5.32 Å². The van der Waals surface area contributed by atoms with Crippen molar-refractivity contribution >= 4 is 44.8 Å². The minimum Gasteiger partial charge on any atom is -0.385 e. The number of nitro groups is 1. The first-order valence-electron chi connectivity index (χ1n) is 5.42. The van der Waals surface area contributed by atoms with Crippen molar-refractivity contribution < 1.29 is 9.13 Å². The number of hydrogen-bond acceptors (Lipinski definition) is 4. The van der Waals surface area contributed by atoms with Crippen molar-refractivity contribution in [3.8, 4) is 0 Å². The summed E-state index contributed by atoms with van der Waals surface area (Å²) in [7, 11) is -0.813. The van der Waals surface area contributed by atoms with E-state index in [1.54, 1.807) is 18.4 Å². The van der Waals surface area contributed by atoms with Gasteiger partial charge in [-0.2, -0.15) is 0 Å². The molecule has 7 heteroatoms. The van der Waals surface area contributed by atoms with E-state index >= 15 is 0 Å². The fourth-order valence-corrected chi connectivity index (χ4v) is 2.51. The summed E-state index contributed by atoms with van der Waals surface area (Å²) in [5.74, 6) is 0. The third-order valence-electron chi connectivity index (χ3n) is 2.59. The quantitative estimate of drug-likeness (QED) is 0.467. The molecule has 0 fully saturated rings. The van der Waals surface area contributed by atoms with Crippen LogP contribution in [-0.2, 0) is 10.8 Å². The highest BCUT2D eigenvalue weighted by molar-refractivity contribution is 14.1. The number of nitro benzene ring substituents is 1. The van der Waals surface area contributed by atoms with Gasteiger partial charge in [0.1, 0.15) is 0 Å². The van der Waals surface area contributed by atoms with Crippen molar-refractivity contribution in [1.29, 1.82) is 0 Å². The standard InChI is InChI=1S/C11H15IN2O3S/c1-8(18(2)17)5-6-13-9-3-4-11(14(15)16)10(12)7-9/h3-4,7-8,13H,5-6H2,1-2H3. The average molecular weight is 382 g/mol. The van der Waals surface area contributed by atoms with E-state index in [-0.39, 0.29) is 10.9 Å². The predicted octanol–water partition coefficient (Wildman–Crippen LogP) is 2.77. The summed E-state index contributed by atoms with van der Waals surface area (Å²) in [4.78, 5) is 10.3. The number of nitrogens with one attached hydrogen (secondary N) is 1. The number of nitrogens with zero attached hydrogens (tertiary/aromatic N) is 1. The Morgan fingerprint density at radius 3 is 2.72 bits per heavy atom. The van der Waals surface area contributed by atoms with Gasteiger partial charge in [-0.3, -0.25) is 14.3 Å². The van der Waals surface area contributed by atoms with Crippen molar-refractivity contribution in [1.82, 2.24) is 0 Å². The van der Waals surface area contributed by atoms with Crippen LogP contribution in [0.25, 0.3) is 0 Å². The van der Waals surface area contributed by atoms with E-state index in [1.807, 2.05) is 29.5 Å². The van der Waals surface area contributed by atoms with E-state index < -0.39 is 15.7 Å². The van der Waals surface area contributed by atoms with E-state index in [0.29, 0.717) is 10.1 Å². The lowest BCUT2D eigenvalue weighted by Gasteiger charge is -2.10. The molecule has 2 atom stereocenters. The van der Waals surface area contributed by atoms with Crippen LogP contribution in [0.5, 0.6) is 0 Å². The summed E-state index contributed by atoms with van der Waals surface area (Å²) in [6, 6.07) is 4.92. The molecule has 1 N–H and O–H groups in total. The zero-order chi connectivity index (χ0) is 13.7. The van der Waals surface area contributed by atoms with E-state index in [2.05, 4.69) is 5.32 Å². The van der Waals surface area contributed by atoms with Crippen LogP contribution in [0.3, 0.4) is 0 Å². The Morgan fingerprint density at radius 1 is 1.56 bits per heavy atom. The molecule has 18 heavy (non-hydrogen) atoms. The van der Waals surface area contributed by atoms with Crippen LogP contribution in [0.15, 0.2) is 18.2 Å². The molecule has 0 aliphatic carbocycles. The van der Waals surface area contributed by atoms with Crippen LogP contribution in [0.4, 0.5) is 11.4 Å². The second-order valence-electron chi connectivity index (χ2n) is 3.95. The lowest BCUT2D eigenvalue weighted by Crippen LogP contribution is -2.14. The van der Waals surface area contributed by atoms with Crippen LogP contribution >= 0.6 is 22.6 Å². The van der Waals surface area contributed by atoms with Crippen LogP contribution in [-0.4, -0.2) is 27.2 Å². The monoisotopic (exact) mass is 382 g/mol. The molecule has 0 radical (unpaired) electrons. The summed E-state index contributed by atoms with van der Waals surface area (Å²) in [5, 5.41) is 14.0. The van der Waals surface area contributed by atoms with E-state index in [9.17, 15) is 14.3 Å². The molecular formula is C11H15IN2O3S. The Morgan fingerprint density at radius 2 is 2.22 bits per heavy atom. The number of hydrogen-bond donors (Lipinski definition) is 1. The zero-order valence-electron chi connectivity index (χ0n) is 10.2. The van der Waals surface area contributed by atoms with Gasteiger partial charge in [-0.25, -0.2) is 0 Å². The Balaban J connectivity index is 2.56. The lowest BCUT2D eigenvalue weighted by molar-refractivity contribution is -0.385. The third-order valence-corrected chi connectivity index (χ3v) is 4.82. The molecule has 0 saturated carbocycles. The molecule has 0 aromatic heterocycles. The molecule has 0 saturated heterocycles. The summed E-state index contributed by atoms with van der Waals surface area (Å²) in [6.07, 6.45) is 2.50. The summed E-state index contributed by atoms with van der Waals surface area (Å²) in [6.45, 7) is 2.64. The lowest BCUT2D eigenvalue weighted by atomic mass is 10.2. The van der Waals surface area contributed by atoms with Gasteiger partial charge in [0.2, 0.25) is 0 Å². The molecule has 1 aromatic carbocycles. The molecule has 0 aliphatic heterocycles. The molecule has 2 unspecified atom stereocenters. The summed E-state index contributed by atoms with van der Waals surface area (Å²) >= 11 is 1.95. The second kappa shape index (κ2) is 7.03. The second-order valence-corrected chi connectivity index (χ2v) is 6.91.